The number of allylic oxidation sites excluding steroid dienone is 7. The van der Waals surface area contributed by atoms with Crippen molar-refractivity contribution in [2.45, 2.75) is 223 Å². The normalized spacial score (nSPS) is 22.4. The third-order valence-corrected chi connectivity index (χ3v) is 12.5. The second-order valence-corrected chi connectivity index (χ2v) is 19.6. The van der Waals surface area contributed by atoms with E-state index in [2.05, 4.69) is 42.7 Å². The molecule has 17 nitrogen and oxygen atoms in total. The Hall–Kier alpha value is -2.08. The van der Waals surface area contributed by atoms with Crippen molar-refractivity contribution in [1.82, 2.24) is 0 Å². The monoisotopic (exact) mass is 983 g/mol. The van der Waals surface area contributed by atoms with Gasteiger partial charge in [0.25, 0.3) is 0 Å². The molecular weight excluding hydrogens is 898 g/mol. The van der Waals surface area contributed by atoms with Gasteiger partial charge in [0.05, 0.1) is 12.7 Å². The van der Waals surface area contributed by atoms with E-state index in [0.717, 1.165) is 64.2 Å². The lowest BCUT2D eigenvalue weighted by Gasteiger charge is -2.43. The summed E-state index contributed by atoms with van der Waals surface area (Å²) in [5, 5.41) is 51.6. The van der Waals surface area contributed by atoms with Crippen LogP contribution in [0, 0.1) is 0 Å². The van der Waals surface area contributed by atoms with Crippen LogP contribution in [0.15, 0.2) is 48.6 Å². The number of carbonyl (C=O) groups is 2. The van der Waals surface area contributed by atoms with Crippen molar-refractivity contribution < 1.29 is 82.0 Å². The van der Waals surface area contributed by atoms with Crippen LogP contribution in [0.1, 0.15) is 174 Å². The Morgan fingerprint density at radius 1 is 0.561 bits per heavy atom. The Kier molecular flexibility index (Phi) is 35.4. The molecule has 0 aromatic rings. The van der Waals surface area contributed by atoms with E-state index >= 15 is 0 Å². The number of rotatable bonds is 40. The van der Waals surface area contributed by atoms with Crippen LogP contribution < -0.4 is 0 Å². The molecule has 1 saturated carbocycles. The standard InChI is InChI=1S/C47H84O17P2/c1-3-5-7-9-11-13-15-17-18-20-22-24-26-28-30-34-41(50)62-39(37-61-66(58,59)64-47-44(53)42(51)43(52)46(45(47)54)63-65(55,56)57)36-60-40(49)35-31-33-38(48)32-29-27-25-23-21-19-16-14-12-10-8-6-4-2/h13,15,19,21,25,27,29,32,38-39,42-48,51-54H,3-12,14,16-18,20,22-24,26,28,30-31,33-37H2,1-2H3,(H,58,59)(H2,55,56,57)/b15-13-,21-19+,27-25+,32-29+/t38?,39-,42?,43?,44?,45?,46-,47+/m1/s1. The predicted octanol–water partition coefficient (Wildman–Crippen LogP) is 8.26. The van der Waals surface area contributed by atoms with Gasteiger partial charge in [-0.3, -0.25) is 23.2 Å². The Labute approximate surface area is 393 Å². The number of hydrogen-bond acceptors (Lipinski definition) is 14. The van der Waals surface area contributed by atoms with Crippen LogP contribution in [-0.4, -0.2) is 114 Å². The summed E-state index contributed by atoms with van der Waals surface area (Å²) in [4.78, 5) is 54.3. The third-order valence-electron chi connectivity index (χ3n) is 11.0. The number of hydrogen-bond donors (Lipinski definition) is 8. The molecule has 0 amide bonds. The minimum atomic E-state index is -5.38. The summed E-state index contributed by atoms with van der Waals surface area (Å²) >= 11 is 0. The van der Waals surface area contributed by atoms with Gasteiger partial charge in [-0.2, -0.15) is 0 Å². The fourth-order valence-corrected chi connectivity index (χ4v) is 8.69. The molecule has 384 valence electrons. The van der Waals surface area contributed by atoms with E-state index < -0.39 is 89.6 Å². The van der Waals surface area contributed by atoms with Gasteiger partial charge in [0.1, 0.15) is 43.2 Å². The number of aliphatic hydroxyl groups excluding tert-OH is 5. The van der Waals surface area contributed by atoms with Gasteiger partial charge in [0, 0.05) is 12.8 Å². The summed E-state index contributed by atoms with van der Waals surface area (Å²) in [6, 6.07) is 0. The first kappa shape index (κ1) is 61.9. The molecular formula is C47H84O17P2. The average Bonchev–Trinajstić information content (AvgIpc) is 3.26. The van der Waals surface area contributed by atoms with Gasteiger partial charge in [0.15, 0.2) is 6.10 Å². The molecule has 8 N–H and O–H groups in total. The van der Waals surface area contributed by atoms with E-state index in [0.29, 0.717) is 6.42 Å². The highest BCUT2D eigenvalue weighted by Crippen LogP contribution is 2.49. The second kappa shape index (κ2) is 37.8. The Morgan fingerprint density at radius 2 is 1.06 bits per heavy atom. The number of carbonyl (C=O) groups excluding carboxylic acids is 2. The summed E-state index contributed by atoms with van der Waals surface area (Å²) in [6.07, 6.45) is 23.7. The first-order valence-corrected chi connectivity index (χ1v) is 27.3. The maximum Gasteiger partial charge on any atom is 0.472 e. The number of aliphatic hydroxyl groups is 5. The highest BCUT2D eigenvalue weighted by Gasteiger charge is 2.54. The van der Waals surface area contributed by atoms with Crippen LogP contribution in [0.5, 0.6) is 0 Å². The molecule has 0 bridgehead atoms. The van der Waals surface area contributed by atoms with Crippen molar-refractivity contribution in [3.63, 3.8) is 0 Å². The molecule has 1 fully saturated rings. The molecule has 1 aliphatic carbocycles. The van der Waals surface area contributed by atoms with Crippen LogP contribution in [0.3, 0.4) is 0 Å². The van der Waals surface area contributed by atoms with E-state index in [1.165, 1.54) is 64.2 Å². The molecule has 1 aliphatic rings. The topological polar surface area (TPSA) is 276 Å². The number of phosphoric ester groups is 2. The molecule has 19 heteroatoms. The SMILES string of the molecule is CCCCCC/C=C\CCCCCCCCCC(=O)O[C@H](COC(=O)CCCC(O)/C=C/C=C/C/C=C/CCCCCCCC)COP(=O)(O)O[C@H]1C(O)C(O)C(O)[C@@H](OP(=O)(O)O)C1O. The minimum absolute atomic E-state index is 0.00103. The van der Waals surface area contributed by atoms with E-state index in [1.807, 2.05) is 12.2 Å². The zero-order valence-electron chi connectivity index (χ0n) is 39.5. The highest BCUT2D eigenvalue weighted by atomic mass is 31.2. The minimum Gasteiger partial charge on any atom is -0.462 e. The molecule has 0 aliphatic heterocycles. The van der Waals surface area contributed by atoms with Crippen molar-refractivity contribution >= 4 is 27.6 Å². The zero-order chi connectivity index (χ0) is 49.1. The third kappa shape index (κ3) is 31.9. The van der Waals surface area contributed by atoms with Gasteiger partial charge in [-0.15, -0.1) is 0 Å². The van der Waals surface area contributed by atoms with Crippen LogP contribution in [-0.2, 0) is 41.8 Å². The first-order chi connectivity index (χ1) is 31.5. The van der Waals surface area contributed by atoms with Crippen molar-refractivity contribution in [2.24, 2.45) is 0 Å². The number of esters is 2. The number of ether oxygens (including phenoxy) is 2. The highest BCUT2D eigenvalue weighted by molar-refractivity contribution is 7.47. The van der Waals surface area contributed by atoms with Crippen molar-refractivity contribution in [1.29, 1.82) is 0 Å². The Bertz CT molecular complexity index is 1480. The van der Waals surface area contributed by atoms with Gasteiger partial charge in [0.2, 0.25) is 0 Å². The maximum atomic E-state index is 13.0. The smallest absolute Gasteiger partial charge is 0.462 e. The fourth-order valence-electron chi connectivity index (χ4n) is 7.15. The van der Waals surface area contributed by atoms with Gasteiger partial charge in [-0.1, -0.05) is 146 Å². The van der Waals surface area contributed by atoms with Crippen molar-refractivity contribution in [3.05, 3.63) is 48.6 Å². The molecule has 0 radical (unpaired) electrons. The van der Waals surface area contributed by atoms with E-state index in [-0.39, 0.29) is 25.7 Å². The van der Waals surface area contributed by atoms with E-state index in [9.17, 15) is 58.9 Å². The van der Waals surface area contributed by atoms with E-state index in [4.69, 9.17) is 18.5 Å². The quantitative estimate of drug-likeness (QED) is 0.00943. The number of unbranched alkanes of at least 4 members (excludes halogenated alkanes) is 17. The van der Waals surface area contributed by atoms with E-state index in [1.54, 1.807) is 12.2 Å². The molecule has 0 heterocycles. The molecule has 0 aromatic heterocycles. The summed E-state index contributed by atoms with van der Waals surface area (Å²) in [5.74, 6) is -1.41. The molecule has 0 spiro atoms. The summed E-state index contributed by atoms with van der Waals surface area (Å²) in [6.45, 7) is 2.92. The molecule has 1 rings (SSSR count). The van der Waals surface area contributed by atoms with Gasteiger partial charge < -0.3 is 49.7 Å². The lowest BCUT2D eigenvalue weighted by atomic mass is 9.85. The van der Waals surface area contributed by atoms with Crippen LogP contribution in [0.25, 0.3) is 0 Å². The first-order valence-electron chi connectivity index (χ1n) is 24.3. The lowest BCUT2D eigenvalue weighted by molar-refractivity contribution is -0.216. The molecule has 9 atom stereocenters. The molecule has 0 saturated heterocycles. The lowest BCUT2D eigenvalue weighted by Crippen LogP contribution is -2.64. The average molecular weight is 983 g/mol. The van der Waals surface area contributed by atoms with Crippen LogP contribution >= 0.6 is 15.6 Å². The van der Waals surface area contributed by atoms with Crippen LogP contribution in [0.2, 0.25) is 0 Å². The summed E-state index contributed by atoms with van der Waals surface area (Å²) in [5.41, 5.74) is 0. The fraction of sp³-hybridized carbons (Fsp3) is 0.787. The second-order valence-electron chi connectivity index (χ2n) is 17.0. The Balaban J connectivity index is 2.67. The molecule has 6 unspecified atom stereocenters. The van der Waals surface area contributed by atoms with Crippen molar-refractivity contribution in [3.8, 4) is 0 Å². The van der Waals surface area contributed by atoms with Crippen LogP contribution in [0.4, 0.5) is 0 Å². The number of phosphoric acid groups is 2. The summed E-state index contributed by atoms with van der Waals surface area (Å²) in [7, 11) is -10.7. The predicted molar refractivity (Wildman–Crippen MR) is 252 cm³/mol. The van der Waals surface area contributed by atoms with Gasteiger partial charge in [-0.25, -0.2) is 9.13 Å². The largest absolute Gasteiger partial charge is 0.472 e. The zero-order valence-corrected chi connectivity index (χ0v) is 41.3. The molecule has 66 heavy (non-hydrogen) atoms. The maximum absolute atomic E-state index is 13.0. The van der Waals surface area contributed by atoms with Gasteiger partial charge >= 0.3 is 27.6 Å². The van der Waals surface area contributed by atoms with Crippen molar-refractivity contribution in [2.75, 3.05) is 13.2 Å². The Morgan fingerprint density at radius 3 is 1.64 bits per heavy atom. The molecule has 0 aromatic carbocycles. The van der Waals surface area contributed by atoms with Gasteiger partial charge in [-0.05, 0) is 64.2 Å². The summed E-state index contributed by atoms with van der Waals surface area (Å²) < 4.78 is 49.2.